The van der Waals surface area contributed by atoms with Crippen molar-refractivity contribution in [2.24, 2.45) is 0 Å². The van der Waals surface area contributed by atoms with E-state index in [-0.39, 0.29) is 17.7 Å². The molecule has 2 aromatic carbocycles. The summed E-state index contributed by atoms with van der Waals surface area (Å²) >= 11 is 0. The van der Waals surface area contributed by atoms with Gasteiger partial charge in [0.15, 0.2) is 0 Å². The number of furan rings is 1. The third kappa shape index (κ3) is 3.24. The molecule has 4 rings (SSSR count). The molecule has 0 saturated heterocycles. The van der Waals surface area contributed by atoms with Gasteiger partial charge in [0.25, 0.3) is 5.56 Å². The number of rotatable bonds is 6. The molecule has 2 N–H and O–H groups in total. The van der Waals surface area contributed by atoms with Crippen LogP contribution in [-0.4, -0.2) is 33.1 Å². The first-order valence-corrected chi connectivity index (χ1v) is 8.52. The van der Waals surface area contributed by atoms with Crippen LogP contribution in [-0.2, 0) is 13.1 Å². The second kappa shape index (κ2) is 7.11. The number of aliphatic hydroxyl groups excluding tert-OH is 1. The second-order valence-electron chi connectivity index (χ2n) is 6.21. The highest BCUT2D eigenvalue weighted by atomic mass is 16.3. The molecule has 132 valence electrons. The van der Waals surface area contributed by atoms with Crippen molar-refractivity contribution in [1.29, 1.82) is 0 Å². The van der Waals surface area contributed by atoms with Gasteiger partial charge in [0.05, 0.1) is 13.2 Å². The maximum Gasteiger partial charge on any atom is 0.294 e. The lowest BCUT2D eigenvalue weighted by atomic mass is 10.2. The zero-order valence-corrected chi connectivity index (χ0v) is 14.2. The van der Waals surface area contributed by atoms with Gasteiger partial charge in [-0.1, -0.05) is 42.5 Å². The Morgan fingerprint density at radius 3 is 2.62 bits per heavy atom. The van der Waals surface area contributed by atoms with Crippen molar-refractivity contribution in [2.75, 3.05) is 13.2 Å². The number of hydrogen-bond acceptors (Lipinski definition) is 5. The molecule has 0 radical (unpaired) electrons. The number of aliphatic hydroxyl groups is 1. The van der Waals surface area contributed by atoms with E-state index in [0.717, 1.165) is 10.9 Å². The third-order valence-electron chi connectivity index (χ3n) is 4.32. The molecule has 0 amide bonds. The molecule has 0 atom stereocenters. The molecule has 26 heavy (non-hydrogen) atoms. The predicted octanol–water partition coefficient (Wildman–Crippen LogP) is 2.66. The quantitative estimate of drug-likeness (QED) is 0.559. The number of fused-ring (bicyclic) bond motifs is 3. The minimum absolute atomic E-state index is 0.0357. The summed E-state index contributed by atoms with van der Waals surface area (Å²) < 4.78 is 5.63. The highest BCUT2D eigenvalue weighted by molar-refractivity contribution is 6.01. The van der Waals surface area contributed by atoms with Crippen molar-refractivity contribution < 1.29 is 9.52 Å². The van der Waals surface area contributed by atoms with Crippen LogP contribution in [0.1, 0.15) is 11.4 Å². The molecule has 0 saturated carbocycles. The summed E-state index contributed by atoms with van der Waals surface area (Å²) in [5, 5.41) is 10.2. The molecule has 2 aromatic heterocycles. The Morgan fingerprint density at radius 2 is 1.81 bits per heavy atom. The van der Waals surface area contributed by atoms with Crippen molar-refractivity contribution in [2.45, 2.75) is 13.1 Å². The summed E-state index contributed by atoms with van der Waals surface area (Å²) in [6, 6.07) is 17.5. The van der Waals surface area contributed by atoms with E-state index in [1.165, 1.54) is 0 Å². The minimum atomic E-state index is -0.287. The molecule has 0 unspecified atom stereocenters. The maximum absolute atomic E-state index is 12.4. The van der Waals surface area contributed by atoms with E-state index in [1.807, 2.05) is 59.5 Å². The van der Waals surface area contributed by atoms with Gasteiger partial charge in [0.2, 0.25) is 5.58 Å². The number of aromatic nitrogens is 2. The van der Waals surface area contributed by atoms with Crippen LogP contribution in [0.2, 0.25) is 0 Å². The molecule has 0 spiro atoms. The monoisotopic (exact) mass is 349 g/mol. The topological polar surface area (TPSA) is 82.4 Å². The van der Waals surface area contributed by atoms with Crippen molar-refractivity contribution in [3.8, 4) is 0 Å². The summed E-state index contributed by atoms with van der Waals surface area (Å²) in [4.78, 5) is 21.9. The fourth-order valence-corrected chi connectivity index (χ4v) is 3.13. The molecule has 0 aliphatic heterocycles. The smallest absolute Gasteiger partial charge is 0.294 e. The second-order valence-corrected chi connectivity index (χ2v) is 6.21. The largest absolute Gasteiger partial charge is 0.449 e. The Bertz CT molecular complexity index is 1090. The molecular weight excluding hydrogens is 330 g/mol. The van der Waals surface area contributed by atoms with Gasteiger partial charge in [-0.15, -0.1) is 0 Å². The van der Waals surface area contributed by atoms with Gasteiger partial charge < -0.3 is 14.5 Å². The average molecular weight is 349 g/mol. The van der Waals surface area contributed by atoms with Crippen LogP contribution in [0, 0.1) is 0 Å². The number of hydrogen-bond donors (Lipinski definition) is 2. The van der Waals surface area contributed by atoms with Gasteiger partial charge in [-0.25, -0.2) is 4.98 Å². The van der Waals surface area contributed by atoms with Gasteiger partial charge in [0, 0.05) is 18.5 Å². The molecule has 4 aromatic rings. The summed E-state index contributed by atoms with van der Waals surface area (Å²) in [7, 11) is 0. The van der Waals surface area contributed by atoms with Crippen LogP contribution >= 0.6 is 0 Å². The molecule has 6 nitrogen and oxygen atoms in total. The van der Waals surface area contributed by atoms with Gasteiger partial charge in [-0.2, -0.15) is 0 Å². The van der Waals surface area contributed by atoms with E-state index >= 15 is 0 Å². The van der Waals surface area contributed by atoms with E-state index < -0.39 is 0 Å². The number of para-hydroxylation sites is 1. The van der Waals surface area contributed by atoms with E-state index in [9.17, 15) is 9.90 Å². The molecule has 0 bridgehead atoms. The first kappa shape index (κ1) is 16.5. The van der Waals surface area contributed by atoms with E-state index in [2.05, 4.69) is 9.97 Å². The van der Waals surface area contributed by atoms with E-state index in [0.29, 0.717) is 36.6 Å². The lowest BCUT2D eigenvalue weighted by molar-refractivity contribution is 0.181. The summed E-state index contributed by atoms with van der Waals surface area (Å²) in [6.07, 6.45) is 0. The van der Waals surface area contributed by atoms with Gasteiger partial charge >= 0.3 is 0 Å². The number of H-pyrrole nitrogens is 1. The Hall–Kier alpha value is -2.96. The summed E-state index contributed by atoms with van der Waals surface area (Å²) in [6.45, 7) is 1.62. The van der Waals surface area contributed by atoms with Crippen LogP contribution in [0.3, 0.4) is 0 Å². The molecule has 6 heteroatoms. The lowest BCUT2D eigenvalue weighted by Gasteiger charge is -2.20. The molecular formula is C20H19N3O3. The standard InChI is InChI=1S/C20H19N3O3/c24-11-10-23(12-14-6-2-1-3-7-14)13-17-21-18-15-8-4-5-9-16(15)26-19(18)20(25)22-17/h1-9,24H,10-13H2,(H,21,22,25). The molecule has 0 fully saturated rings. The van der Waals surface area contributed by atoms with Crippen molar-refractivity contribution in [3.63, 3.8) is 0 Å². The van der Waals surface area contributed by atoms with E-state index in [1.54, 1.807) is 0 Å². The zero-order chi connectivity index (χ0) is 17.9. The van der Waals surface area contributed by atoms with Gasteiger partial charge in [-0.05, 0) is 17.7 Å². The average Bonchev–Trinajstić information content (AvgIpc) is 3.02. The van der Waals surface area contributed by atoms with Crippen LogP contribution in [0.4, 0.5) is 0 Å². The highest BCUT2D eigenvalue weighted by Crippen LogP contribution is 2.24. The number of nitrogens with one attached hydrogen (secondary N) is 1. The Labute approximate surface area is 149 Å². The number of nitrogens with zero attached hydrogens (tertiary/aromatic N) is 2. The number of aromatic amines is 1. The molecule has 0 aliphatic carbocycles. The van der Waals surface area contributed by atoms with Crippen molar-refractivity contribution in [3.05, 3.63) is 76.3 Å². The Morgan fingerprint density at radius 1 is 1.04 bits per heavy atom. The third-order valence-corrected chi connectivity index (χ3v) is 4.32. The molecule has 0 aliphatic rings. The van der Waals surface area contributed by atoms with Crippen LogP contribution in [0.25, 0.3) is 22.1 Å². The molecule has 2 heterocycles. The first-order chi connectivity index (χ1) is 12.7. The summed E-state index contributed by atoms with van der Waals surface area (Å²) in [5.41, 5.74) is 2.31. The number of benzene rings is 2. The zero-order valence-electron chi connectivity index (χ0n) is 14.2. The van der Waals surface area contributed by atoms with Crippen molar-refractivity contribution in [1.82, 2.24) is 14.9 Å². The fourth-order valence-electron chi connectivity index (χ4n) is 3.13. The van der Waals surface area contributed by atoms with E-state index in [4.69, 9.17) is 4.42 Å². The van der Waals surface area contributed by atoms with Gasteiger partial charge in [-0.3, -0.25) is 9.69 Å². The van der Waals surface area contributed by atoms with Crippen LogP contribution < -0.4 is 5.56 Å². The highest BCUT2D eigenvalue weighted by Gasteiger charge is 2.15. The lowest BCUT2D eigenvalue weighted by Crippen LogP contribution is -2.28. The Balaban J connectivity index is 1.68. The van der Waals surface area contributed by atoms with Crippen LogP contribution in [0.5, 0.6) is 0 Å². The fraction of sp³-hybridized carbons (Fsp3) is 0.200. The van der Waals surface area contributed by atoms with Crippen LogP contribution in [0.15, 0.2) is 63.8 Å². The first-order valence-electron chi connectivity index (χ1n) is 8.52. The Kier molecular flexibility index (Phi) is 4.51. The normalized spacial score (nSPS) is 11.6. The van der Waals surface area contributed by atoms with Crippen molar-refractivity contribution >= 4 is 22.1 Å². The SMILES string of the molecule is O=c1[nH]c(CN(CCO)Cc2ccccc2)nc2c1oc1ccccc12. The summed E-state index contributed by atoms with van der Waals surface area (Å²) in [5.74, 6) is 0.554. The van der Waals surface area contributed by atoms with Gasteiger partial charge in [0.1, 0.15) is 16.9 Å². The maximum atomic E-state index is 12.4. The minimum Gasteiger partial charge on any atom is -0.449 e. The predicted molar refractivity (Wildman–Crippen MR) is 99.8 cm³/mol.